The summed E-state index contributed by atoms with van der Waals surface area (Å²) in [6.07, 6.45) is -0.0710. The fraction of sp³-hybridized carbons (Fsp3) is 0.571. The minimum absolute atomic E-state index is 0.0710. The van der Waals surface area contributed by atoms with E-state index in [0.29, 0.717) is 39.0 Å². The number of methoxy groups -OCH3 is 1. The molecule has 0 fully saturated rings. The maximum absolute atomic E-state index is 6.64. The first kappa shape index (κ1) is 27.5. The summed E-state index contributed by atoms with van der Waals surface area (Å²) in [4.78, 5) is 6.64. The van der Waals surface area contributed by atoms with Crippen molar-refractivity contribution in [2.24, 2.45) is 5.92 Å². The van der Waals surface area contributed by atoms with E-state index in [1.54, 1.807) is 7.11 Å². The molecule has 0 aliphatic carbocycles. The highest BCUT2D eigenvalue weighted by Gasteiger charge is 2.34. The van der Waals surface area contributed by atoms with Gasteiger partial charge in [-0.05, 0) is 50.3 Å². The summed E-state index contributed by atoms with van der Waals surface area (Å²) in [7, 11) is 1.67. The van der Waals surface area contributed by atoms with E-state index in [1.807, 2.05) is 0 Å². The zero-order valence-electron chi connectivity index (χ0n) is 21.5. The van der Waals surface area contributed by atoms with Gasteiger partial charge in [0.1, 0.15) is 6.10 Å². The Balaban J connectivity index is 1.99. The third-order valence-electron chi connectivity index (χ3n) is 5.48. The fourth-order valence-corrected chi connectivity index (χ4v) is 3.75. The van der Waals surface area contributed by atoms with E-state index < -0.39 is 0 Å². The number of hydroxylamine groups is 2. The van der Waals surface area contributed by atoms with Gasteiger partial charge in [0.25, 0.3) is 0 Å². The summed E-state index contributed by atoms with van der Waals surface area (Å²) in [6, 6.07) is 19.3. The third kappa shape index (κ3) is 9.19. The lowest BCUT2D eigenvalue weighted by molar-refractivity contribution is -0.272. The first-order chi connectivity index (χ1) is 15.7. The predicted molar refractivity (Wildman–Crippen MR) is 134 cm³/mol. The third-order valence-corrected chi connectivity index (χ3v) is 5.48. The highest BCUT2D eigenvalue weighted by molar-refractivity contribution is 5.24. The summed E-state index contributed by atoms with van der Waals surface area (Å²) >= 11 is 0. The maximum Gasteiger partial charge on any atom is 0.102 e. The van der Waals surface area contributed by atoms with Crippen LogP contribution < -0.4 is 0 Å². The molecule has 2 aromatic rings. The summed E-state index contributed by atoms with van der Waals surface area (Å²) in [6.45, 7) is 16.2. The van der Waals surface area contributed by atoms with Crippen molar-refractivity contribution in [3.05, 3.63) is 71.3 Å². The fourth-order valence-electron chi connectivity index (χ4n) is 3.75. The highest BCUT2D eigenvalue weighted by atomic mass is 16.7. The molecule has 5 nitrogen and oxygen atoms in total. The van der Waals surface area contributed by atoms with Crippen molar-refractivity contribution in [2.75, 3.05) is 33.5 Å². The van der Waals surface area contributed by atoms with Gasteiger partial charge in [0, 0.05) is 12.6 Å². The highest BCUT2D eigenvalue weighted by Crippen LogP contribution is 2.37. The van der Waals surface area contributed by atoms with Gasteiger partial charge in [-0.2, -0.15) is 5.06 Å². The Morgan fingerprint density at radius 3 is 1.94 bits per heavy atom. The molecule has 2 atom stereocenters. The minimum Gasteiger partial charge on any atom is -0.382 e. The Labute approximate surface area is 200 Å². The smallest absolute Gasteiger partial charge is 0.102 e. The summed E-state index contributed by atoms with van der Waals surface area (Å²) in [5.74, 6) is 0.400. The van der Waals surface area contributed by atoms with Crippen molar-refractivity contribution >= 4 is 0 Å². The number of hydrogen-bond donors (Lipinski definition) is 0. The van der Waals surface area contributed by atoms with Crippen molar-refractivity contribution in [1.82, 2.24) is 5.06 Å². The van der Waals surface area contributed by atoms with Crippen LogP contribution in [0.4, 0.5) is 0 Å². The lowest BCUT2D eigenvalue weighted by atomic mass is 9.92. The van der Waals surface area contributed by atoms with E-state index in [9.17, 15) is 0 Å². The van der Waals surface area contributed by atoms with Crippen LogP contribution in [0.1, 0.15) is 70.4 Å². The van der Waals surface area contributed by atoms with Crippen molar-refractivity contribution in [2.45, 2.75) is 65.8 Å². The molecule has 0 aliphatic heterocycles. The van der Waals surface area contributed by atoms with Gasteiger partial charge in [0.05, 0.1) is 39.1 Å². The second-order valence-corrected chi connectivity index (χ2v) is 9.74. The normalized spacial score (nSPS) is 14.1. The average Bonchev–Trinajstić information content (AvgIpc) is 2.78. The molecular weight excluding hydrogens is 414 g/mol. The lowest BCUT2D eigenvalue weighted by Crippen LogP contribution is -2.46. The van der Waals surface area contributed by atoms with Crippen LogP contribution in [0.3, 0.4) is 0 Å². The Kier molecular flexibility index (Phi) is 11.5. The van der Waals surface area contributed by atoms with Gasteiger partial charge in [-0.3, -0.25) is 4.84 Å². The molecular formula is C28H43NO4. The summed E-state index contributed by atoms with van der Waals surface area (Å²) in [5.41, 5.74) is 3.40. The zero-order valence-corrected chi connectivity index (χ0v) is 21.5. The topological polar surface area (TPSA) is 40.2 Å². The number of hydrogen-bond acceptors (Lipinski definition) is 5. The Morgan fingerprint density at radius 1 is 0.758 bits per heavy atom. The van der Waals surface area contributed by atoms with Crippen LogP contribution >= 0.6 is 0 Å². The predicted octanol–water partition coefficient (Wildman–Crippen LogP) is 6.36. The van der Waals surface area contributed by atoms with Crippen LogP contribution in [0.5, 0.6) is 0 Å². The number of ether oxygens (including phenoxy) is 3. The minimum atomic E-state index is -0.155. The van der Waals surface area contributed by atoms with E-state index in [1.165, 1.54) is 5.56 Å². The van der Waals surface area contributed by atoms with Gasteiger partial charge < -0.3 is 14.2 Å². The van der Waals surface area contributed by atoms with E-state index >= 15 is 0 Å². The second-order valence-electron chi connectivity index (χ2n) is 9.74. The molecule has 0 aliphatic rings. The molecule has 0 spiro atoms. The van der Waals surface area contributed by atoms with E-state index in [4.69, 9.17) is 19.0 Å². The molecule has 2 unspecified atom stereocenters. The molecule has 184 valence electrons. The number of nitrogens with zero attached hydrogens (tertiary/aromatic N) is 1. The van der Waals surface area contributed by atoms with Gasteiger partial charge in [0.2, 0.25) is 0 Å². The molecule has 0 saturated heterocycles. The van der Waals surface area contributed by atoms with E-state index in [-0.39, 0.29) is 17.7 Å². The molecule has 0 bridgehead atoms. The Hall–Kier alpha value is -1.76. The van der Waals surface area contributed by atoms with Gasteiger partial charge in [-0.25, -0.2) is 0 Å². The molecule has 0 heterocycles. The largest absolute Gasteiger partial charge is 0.382 e. The van der Waals surface area contributed by atoms with E-state index in [0.717, 1.165) is 11.1 Å². The van der Waals surface area contributed by atoms with Crippen LogP contribution in [0.15, 0.2) is 54.6 Å². The van der Waals surface area contributed by atoms with E-state index in [2.05, 4.69) is 101 Å². The molecule has 5 heteroatoms. The standard InChI is InChI=1S/C28H43NO4/c1-22(2)27(26-11-9-8-10-12-26)29(28(4,5)6)33-23(3)25-15-13-24(14-16-25)21-32-20-19-31-18-17-30-7/h8-16,22-23,27H,17-21H2,1-7H3. The summed E-state index contributed by atoms with van der Waals surface area (Å²) in [5, 5.41) is 2.18. The molecule has 0 saturated carbocycles. The quantitative estimate of drug-likeness (QED) is 0.244. The van der Waals surface area contributed by atoms with Crippen LogP contribution in [-0.2, 0) is 25.7 Å². The Bertz CT molecular complexity index is 771. The van der Waals surface area contributed by atoms with Crippen molar-refractivity contribution in [3.63, 3.8) is 0 Å². The van der Waals surface area contributed by atoms with Gasteiger partial charge in [-0.1, -0.05) is 68.4 Å². The van der Waals surface area contributed by atoms with Gasteiger partial charge in [-0.15, -0.1) is 0 Å². The SMILES string of the molecule is COCCOCCOCc1ccc(C(C)ON(C(c2ccccc2)C(C)C)C(C)(C)C)cc1. The van der Waals surface area contributed by atoms with Crippen LogP contribution in [-0.4, -0.2) is 44.1 Å². The summed E-state index contributed by atoms with van der Waals surface area (Å²) < 4.78 is 16.1. The molecule has 0 amide bonds. The molecule has 2 rings (SSSR count). The zero-order chi connectivity index (χ0) is 24.3. The average molecular weight is 458 g/mol. The van der Waals surface area contributed by atoms with Crippen LogP contribution in [0.2, 0.25) is 0 Å². The molecule has 2 aromatic carbocycles. The number of rotatable bonds is 14. The van der Waals surface area contributed by atoms with Crippen molar-refractivity contribution < 1.29 is 19.0 Å². The molecule has 0 N–H and O–H groups in total. The lowest BCUT2D eigenvalue weighted by Gasteiger charge is -2.44. The second kappa shape index (κ2) is 13.8. The number of benzene rings is 2. The van der Waals surface area contributed by atoms with Crippen LogP contribution in [0, 0.1) is 5.92 Å². The Morgan fingerprint density at radius 2 is 1.36 bits per heavy atom. The molecule has 33 heavy (non-hydrogen) atoms. The first-order valence-corrected chi connectivity index (χ1v) is 12.0. The first-order valence-electron chi connectivity index (χ1n) is 12.0. The van der Waals surface area contributed by atoms with Gasteiger partial charge >= 0.3 is 0 Å². The van der Waals surface area contributed by atoms with Crippen molar-refractivity contribution in [3.8, 4) is 0 Å². The molecule has 0 aromatic heterocycles. The van der Waals surface area contributed by atoms with Crippen molar-refractivity contribution in [1.29, 1.82) is 0 Å². The van der Waals surface area contributed by atoms with Gasteiger partial charge in [0.15, 0.2) is 0 Å². The monoisotopic (exact) mass is 457 g/mol. The van der Waals surface area contributed by atoms with Crippen LogP contribution in [0.25, 0.3) is 0 Å². The maximum atomic E-state index is 6.64. The molecule has 0 radical (unpaired) electrons.